The van der Waals surface area contributed by atoms with E-state index < -0.39 is 6.09 Å². The van der Waals surface area contributed by atoms with Crippen molar-refractivity contribution in [2.24, 2.45) is 0 Å². The minimum Gasteiger partial charge on any atom is -0.497 e. The van der Waals surface area contributed by atoms with E-state index in [2.05, 4.69) is 0 Å². The maximum atomic E-state index is 12.6. The lowest BCUT2D eigenvalue weighted by molar-refractivity contribution is -0.129. The molecule has 1 atom stereocenters. The lowest BCUT2D eigenvalue weighted by Gasteiger charge is -2.19. The Morgan fingerprint density at radius 1 is 1.12 bits per heavy atom. The first-order valence-electron chi connectivity index (χ1n) is 8.33. The van der Waals surface area contributed by atoms with Crippen molar-refractivity contribution in [2.45, 2.75) is 25.3 Å². The fourth-order valence-electron chi connectivity index (χ4n) is 2.97. The number of nitrogens with zero attached hydrogens (tertiary/aromatic N) is 1. The zero-order chi connectivity index (χ0) is 17.6. The van der Waals surface area contributed by atoms with Gasteiger partial charge in [0, 0.05) is 6.42 Å². The number of amides is 2. The maximum Gasteiger partial charge on any atom is 0.416 e. The largest absolute Gasteiger partial charge is 0.497 e. The van der Waals surface area contributed by atoms with E-state index in [1.54, 1.807) is 7.11 Å². The quantitative estimate of drug-likeness (QED) is 0.811. The average molecular weight is 339 g/mol. The number of carbonyl (C=O) groups is 2. The number of hydrogen-bond acceptors (Lipinski definition) is 4. The van der Waals surface area contributed by atoms with E-state index in [0.717, 1.165) is 16.9 Å². The van der Waals surface area contributed by atoms with Gasteiger partial charge in [0.15, 0.2) is 0 Å². The summed E-state index contributed by atoms with van der Waals surface area (Å²) in [4.78, 5) is 25.8. The summed E-state index contributed by atoms with van der Waals surface area (Å²) in [5.41, 5.74) is 2.11. The molecule has 1 saturated heterocycles. The van der Waals surface area contributed by atoms with Crippen molar-refractivity contribution in [3.63, 3.8) is 0 Å². The maximum absolute atomic E-state index is 12.6. The molecule has 1 aliphatic rings. The lowest BCUT2D eigenvalue weighted by atomic mass is 10.0. The van der Waals surface area contributed by atoms with Gasteiger partial charge in [-0.25, -0.2) is 9.69 Å². The monoisotopic (exact) mass is 339 g/mol. The molecule has 0 spiro atoms. The fourth-order valence-corrected chi connectivity index (χ4v) is 2.97. The number of ether oxygens (including phenoxy) is 2. The molecule has 130 valence electrons. The van der Waals surface area contributed by atoms with E-state index in [4.69, 9.17) is 9.47 Å². The van der Waals surface area contributed by atoms with Gasteiger partial charge in [-0.15, -0.1) is 0 Å². The van der Waals surface area contributed by atoms with Crippen LogP contribution in [0.1, 0.15) is 17.5 Å². The molecule has 0 radical (unpaired) electrons. The van der Waals surface area contributed by atoms with Gasteiger partial charge in [0.1, 0.15) is 12.4 Å². The van der Waals surface area contributed by atoms with E-state index in [1.807, 2.05) is 54.6 Å². The number of benzene rings is 2. The van der Waals surface area contributed by atoms with Crippen molar-refractivity contribution in [1.29, 1.82) is 0 Å². The van der Waals surface area contributed by atoms with Crippen molar-refractivity contribution in [3.8, 4) is 5.75 Å². The first-order chi connectivity index (χ1) is 12.2. The second kappa shape index (κ2) is 7.83. The van der Waals surface area contributed by atoms with Gasteiger partial charge >= 0.3 is 6.09 Å². The van der Waals surface area contributed by atoms with Gasteiger partial charge in [0.25, 0.3) is 0 Å². The van der Waals surface area contributed by atoms with Crippen molar-refractivity contribution in [3.05, 3.63) is 65.7 Å². The van der Waals surface area contributed by atoms with Crippen LogP contribution in [0.15, 0.2) is 54.6 Å². The van der Waals surface area contributed by atoms with Gasteiger partial charge in [-0.2, -0.15) is 0 Å². The highest BCUT2D eigenvalue weighted by atomic mass is 16.6. The average Bonchev–Trinajstić information content (AvgIpc) is 3.01. The number of carbonyl (C=O) groups excluding carboxylic acids is 2. The summed E-state index contributed by atoms with van der Waals surface area (Å²) in [5.74, 6) is 0.584. The van der Waals surface area contributed by atoms with E-state index >= 15 is 0 Å². The molecule has 2 aromatic rings. The van der Waals surface area contributed by atoms with Crippen LogP contribution < -0.4 is 4.74 Å². The third kappa shape index (κ3) is 4.18. The highest BCUT2D eigenvalue weighted by Gasteiger charge is 2.37. The van der Waals surface area contributed by atoms with Gasteiger partial charge in [0.2, 0.25) is 5.91 Å². The van der Waals surface area contributed by atoms with Crippen LogP contribution in [0.25, 0.3) is 0 Å². The molecule has 0 bridgehead atoms. The normalized spacial score (nSPS) is 16.6. The van der Waals surface area contributed by atoms with Crippen LogP contribution in [0.4, 0.5) is 4.79 Å². The van der Waals surface area contributed by atoms with Crippen LogP contribution in [-0.4, -0.2) is 36.7 Å². The van der Waals surface area contributed by atoms with Crippen LogP contribution in [0.2, 0.25) is 0 Å². The topological polar surface area (TPSA) is 55.8 Å². The predicted octanol–water partition coefficient (Wildman–Crippen LogP) is 3.22. The van der Waals surface area contributed by atoms with E-state index in [0.29, 0.717) is 12.8 Å². The van der Waals surface area contributed by atoms with Gasteiger partial charge in [-0.05, 0) is 36.1 Å². The molecule has 0 N–H and O–H groups in total. The van der Waals surface area contributed by atoms with Gasteiger partial charge in [-0.3, -0.25) is 4.79 Å². The summed E-state index contributed by atoms with van der Waals surface area (Å²) in [6.07, 6.45) is 0.916. The van der Waals surface area contributed by atoms with Gasteiger partial charge < -0.3 is 9.47 Å². The van der Waals surface area contributed by atoms with E-state index in [9.17, 15) is 9.59 Å². The first-order valence-corrected chi connectivity index (χ1v) is 8.33. The number of aryl methyl sites for hydroxylation is 1. The number of rotatable bonds is 6. The van der Waals surface area contributed by atoms with Crippen molar-refractivity contribution >= 4 is 12.0 Å². The SMILES string of the molecule is COc1ccc(CCC(=O)N2C(=O)OC[C@H]2Cc2ccccc2)cc1. The summed E-state index contributed by atoms with van der Waals surface area (Å²) < 4.78 is 10.2. The Morgan fingerprint density at radius 2 is 1.84 bits per heavy atom. The van der Waals surface area contributed by atoms with Crippen molar-refractivity contribution in [2.75, 3.05) is 13.7 Å². The van der Waals surface area contributed by atoms with Crippen LogP contribution in [0.5, 0.6) is 5.75 Å². The molecule has 5 nitrogen and oxygen atoms in total. The van der Waals surface area contributed by atoms with Crippen LogP contribution in [-0.2, 0) is 22.4 Å². The van der Waals surface area contributed by atoms with E-state index in [-0.39, 0.29) is 25.0 Å². The highest BCUT2D eigenvalue weighted by molar-refractivity contribution is 5.93. The number of imide groups is 1. The zero-order valence-corrected chi connectivity index (χ0v) is 14.2. The number of cyclic esters (lactones) is 1. The molecule has 2 aromatic carbocycles. The fraction of sp³-hybridized carbons (Fsp3) is 0.300. The van der Waals surface area contributed by atoms with Crippen LogP contribution in [0, 0.1) is 0 Å². The first kappa shape index (κ1) is 17.0. The van der Waals surface area contributed by atoms with E-state index in [1.165, 1.54) is 4.90 Å². The molecule has 25 heavy (non-hydrogen) atoms. The van der Waals surface area contributed by atoms with Crippen molar-refractivity contribution in [1.82, 2.24) is 4.90 Å². The Labute approximate surface area is 147 Å². The molecule has 5 heteroatoms. The van der Waals surface area contributed by atoms with Crippen LogP contribution >= 0.6 is 0 Å². The summed E-state index contributed by atoms with van der Waals surface area (Å²) in [5, 5.41) is 0. The molecule has 1 aliphatic heterocycles. The minimum atomic E-state index is -0.541. The molecule has 0 aliphatic carbocycles. The third-order valence-corrected chi connectivity index (χ3v) is 4.33. The zero-order valence-electron chi connectivity index (χ0n) is 14.2. The number of methoxy groups -OCH3 is 1. The Morgan fingerprint density at radius 3 is 2.52 bits per heavy atom. The molecular formula is C20H21NO4. The summed E-state index contributed by atoms with van der Waals surface area (Å²) in [6, 6.07) is 17.2. The summed E-state index contributed by atoms with van der Waals surface area (Å²) >= 11 is 0. The summed E-state index contributed by atoms with van der Waals surface area (Å²) in [6.45, 7) is 0.252. The Hall–Kier alpha value is -2.82. The second-order valence-electron chi connectivity index (χ2n) is 6.03. The molecule has 2 amide bonds. The highest BCUT2D eigenvalue weighted by Crippen LogP contribution is 2.20. The van der Waals surface area contributed by atoms with Gasteiger partial charge in [-0.1, -0.05) is 42.5 Å². The Balaban J connectivity index is 1.61. The molecule has 0 aromatic heterocycles. The molecule has 3 rings (SSSR count). The predicted molar refractivity (Wildman–Crippen MR) is 93.4 cm³/mol. The third-order valence-electron chi connectivity index (χ3n) is 4.33. The molecule has 0 unspecified atom stereocenters. The second-order valence-corrected chi connectivity index (χ2v) is 6.03. The Kier molecular flexibility index (Phi) is 5.33. The smallest absolute Gasteiger partial charge is 0.416 e. The standard InChI is InChI=1S/C20H21NO4/c1-24-18-10-7-15(8-11-18)9-12-19(22)21-17(14-25-20(21)23)13-16-5-3-2-4-6-16/h2-8,10-11,17H,9,12-14H2,1H3/t17-/m1/s1. The lowest BCUT2D eigenvalue weighted by Crippen LogP contribution is -2.40. The molecule has 1 fully saturated rings. The molecular weight excluding hydrogens is 318 g/mol. The van der Waals surface area contributed by atoms with Crippen LogP contribution in [0.3, 0.4) is 0 Å². The minimum absolute atomic E-state index is 0.195. The molecule has 0 saturated carbocycles. The van der Waals surface area contributed by atoms with Gasteiger partial charge in [0.05, 0.1) is 13.2 Å². The summed E-state index contributed by atoms with van der Waals surface area (Å²) in [7, 11) is 1.62. The number of hydrogen-bond donors (Lipinski definition) is 0. The molecule has 1 heterocycles. The Bertz CT molecular complexity index is 727. The van der Waals surface area contributed by atoms with Crippen molar-refractivity contribution < 1.29 is 19.1 Å².